The van der Waals surface area contributed by atoms with Crippen molar-refractivity contribution in [2.45, 2.75) is 44.9 Å². The van der Waals surface area contributed by atoms with Gasteiger partial charge in [0.05, 0.1) is 17.6 Å². The fourth-order valence-corrected chi connectivity index (χ4v) is 4.01. The van der Waals surface area contributed by atoms with E-state index in [1.54, 1.807) is 0 Å². The van der Waals surface area contributed by atoms with E-state index in [9.17, 15) is 4.79 Å². The molecule has 1 aromatic carbocycles. The van der Waals surface area contributed by atoms with Crippen LogP contribution in [0.3, 0.4) is 0 Å². The second kappa shape index (κ2) is 6.85. The van der Waals surface area contributed by atoms with E-state index < -0.39 is 5.41 Å². The molecule has 142 valence electrons. The first-order valence-corrected chi connectivity index (χ1v) is 9.67. The highest BCUT2D eigenvalue weighted by atomic mass is 16.1. The first kappa shape index (κ1) is 17.8. The van der Waals surface area contributed by atoms with E-state index in [0.717, 1.165) is 66.7 Å². The van der Waals surface area contributed by atoms with Gasteiger partial charge in [-0.3, -0.25) is 5.10 Å². The lowest BCUT2D eigenvalue weighted by Crippen LogP contribution is -2.21. The number of nitrogens with two attached hydrogens (primary N) is 1. The quantitative estimate of drug-likeness (QED) is 0.398. The number of hydrogen-bond acceptors (Lipinski definition) is 4. The molecule has 0 atom stereocenters. The van der Waals surface area contributed by atoms with E-state index in [2.05, 4.69) is 32.6 Å². The number of H-pyrrole nitrogens is 2. The molecule has 1 aliphatic carbocycles. The molecule has 1 aliphatic rings. The summed E-state index contributed by atoms with van der Waals surface area (Å²) < 4.78 is 0. The molecule has 0 saturated carbocycles. The highest BCUT2D eigenvalue weighted by Crippen LogP contribution is 2.39. The Balaban J connectivity index is 1.90. The number of aryl methyl sites for hydroxylation is 2. The van der Waals surface area contributed by atoms with E-state index in [0.29, 0.717) is 6.54 Å². The number of aldehydes is 1. The van der Waals surface area contributed by atoms with Gasteiger partial charge >= 0.3 is 0 Å². The molecule has 6 nitrogen and oxygen atoms in total. The van der Waals surface area contributed by atoms with Gasteiger partial charge in [0.15, 0.2) is 0 Å². The van der Waals surface area contributed by atoms with Gasteiger partial charge in [-0.25, -0.2) is 0 Å². The second-order valence-electron chi connectivity index (χ2n) is 7.95. The van der Waals surface area contributed by atoms with Crippen LogP contribution < -0.4 is 11.1 Å². The molecule has 3 aromatic rings. The summed E-state index contributed by atoms with van der Waals surface area (Å²) in [4.78, 5) is 15.3. The van der Waals surface area contributed by atoms with Crippen LogP contribution in [0.5, 0.6) is 0 Å². The molecule has 4 rings (SSSR count). The second-order valence-corrected chi connectivity index (χ2v) is 7.95. The predicted molar refractivity (Wildman–Crippen MR) is 109 cm³/mol. The summed E-state index contributed by atoms with van der Waals surface area (Å²) in [5.41, 5.74) is 13.0. The number of benzene rings is 1. The number of nitrogens with one attached hydrogen (secondary N) is 3. The largest absolute Gasteiger partial charge is 0.385 e. The maximum absolute atomic E-state index is 11.7. The van der Waals surface area contributed by atoms with Crippen LogP contribution in [0.4, 0.5) is 5.69 Å². The smallest absolute Gasteiger partial charge is 0.130 e. The third-order valence-corrected chi connectivity index (χ3v) is 5.57. The number of aromatic amines is 2. The molecule has 0 amide bonds. The van der Waals surface area contributed by atoms with Gasteiger partial charge in [0.25, 0.3) is 0 Å². The Kier molecular flexibility index (Phi) is 4.52. The van der Waals surface area contributed by atoms with Crippen LogP contribution in [0.1, 0.15) is 43.4 Å². The Morgan fingerprint density at radius 2 is 2.15 bits per heavy atom. The SMILES string of the molecule is CC(C)(C=O)c1cc2[nH]c3c(c2cc1NCCCN)CCCc1cn[nH]c1-3. The fraction of sp³-hybridized carbons (Fsp3) is 0.429. The minimum atomic E-state index is -0.569. The molecule has 2 heterocycles. The van der Waals surface area contributed by atoms with Crippen molar-refractivity contribution in [3.05, 3.63) is 35.0 Å². The lowest BCUT2D eigenvalue weighted by atomic mass is 9.84. The van der Waals surface area contributed by atoms with Gasteiger partial charge in [-0.2, -0.15) is 5.10 Å². The minimum absolute atomic E-state index is 0.569. The maximum Gasteiger partial charge on any atom is 0.130 e. The number of carbonyl (C=O) groups is 1. The van der Waals surface area contributed by atoms with Crippen molar-refractivity contribution in [2.24, 2.45) is 5.73 Å². The monoisotopic (exact) mass is 365 g/mol. The highest BCUT2D eigenvalue weighted by Gasteiger charge is 2.26. The lowest BCUT2D eigenvalue weighted by Gasteiger charge is -2.23. The molecule has 27 heavy (non-hydrogen) atoms. The van der Waals surface area contributed by atoms with Gasteiger partial charge in [-0.1, -0.05) is 0 Å². The van der Waals surface area contributed by atoms with Crippen LogP contribution in [0.2, 0.25) is 0 Å². The Hall–Kier alpha value is -2.60. The van der Waals surface area contributed by atoms with Crippen molar-refractivity contribution in [2.75, 3.05) is 18.4 Å². The molecule has 0 fully saturated rings. The van der Waals surface area contributed by atoms with Gasteiger partial charge in [0, 0.05) is 28.6 Å². The molecule has 0 unspecified atom stereocenters. The summed E-state index contributed by atoms with van der Waals surface area (Å²) in [7, 11) is 0. The van der Waals surface area contributed by atoms with Crippen molar-refractivity contribution in [1.82, 2.24) is 15.2 Å². The van der Waals surface area contributed by atoms with Crippen LogP contribution in [0, 0.1) is 0 Å². The van der Waals surface area contributed by atoms with Crippen LogP contribution in [0.25, 0.3) is 22.3 Å². The summed E-state index contributed by atoms with van der Waals surface area (Å²) in [6, 6.07) is 4.32. The number of nitrogens with zero attached hydrogens (tertiary/aromatic N) is 1. The van der Waals surface area contributed by atoms with Gasteiger partial charge in [0.2, 0.25) is 0 Å². The van der Waals surface area contributed by atoms with Gasteiger partial charge in [0.1, 0.15) is 6.29 Å². The predicted octanol–water partition coefficient (Wildman–Crippen LogP) is 3.28. The number of aromatic nitrogens is 3. The molecule has 0 radical (unpaired) electrons. The molecule has 0 saturated heterocycles. The van der Waals surface area contributed by atoms with Crippen LogP contribution in [-0.2, 0) is 23.1 Å². The Morgan fingerprint density at radius 1 is 1.30 bits per heavy atom. The van der Waals surface area contributed by atoms with Gasteiger partial charge < -0.3 is 20.8 Å². The van der Waals surface area contributed by atoms with E-state index >= 15 is 0 Å². The highest BCUT2D eigenvalue weighted by molar-refractivity contribution is 5.95. The number of carbonyl (C=O) groups excluding carboxylic acids is 1. The topological polar surface area (TPSA) is 99.6 Å². The summed E-state index contributed by atoms with van der Waals surface area (Å²) >= 11 is 0. The lowest BCUT2D eigenvalue weighted by molar-refractivity contribution is -0.111. The molecule has 6 heteroatoms. The fourth-order valence-electron chi connectivity index (χ4n) is 4.01. The molecule has 0 aliphatic heterocycles. The first-order valence-electron chi connectivity index (χ1n) is 9.67. The van der Waals surface area contributed by atoms with Crippen molar-refractivity contribution >= 4 is 22.9 Å². The van der Waals surface area contributed by atoms with Crippen LogP contribution >= 0.6 is 0 Å². The first-order chi connectivity index (χ1) is 13.0. The van der Waals surface area contributed by atoms with E-state index in [4.69, 9.17) is 5.73 Å². The average molecular weight is 365 g/mol. The summed E-state index contributed by atoms with van der Waals surface area (Å²) in [6.45, 7) is 5.34. The van der Waals surface area contributed by atoms with Crippen LogP contribution in [0.15, 0.2) is 18.3 Å². The third kappa shape index (κ3) is 3.04. The summed E-state index contributed by atoms with van der Waals surface area (Å²) in [5, 5.41) is 12.1. The molecular formula is C21H27N5O. The zero-order valence-electron chi connectivity index (χ0n) is 16.0. The molecule has 5 N–H and O–H groups in total. The Bertz CT molecular complexity index is 982. The standard InChI is InChI=1S/C21H27N5O/c1-21(2,12-27)16-10-17-15(9-18(16)23-8-4-7-22)14-6-3-5-13-11-24-26-19(13)20(14)25-17/h9-12,23,25H,3-8,22H2,1-2H3,(H,24,26). The number of anilines is 1. The number of hydrogen-bond donors (Lipinski definition) is 4. The summed E-state index contributed by atoms with van der Waals surface area (Å²) in [5.74, 6) is 0. The number of rotatable bonds is 6. The molecular weight excluding hydrogens is 338 g/mol. The Morgan fingerprint density at radius 3 is 2.93 bits per heavy atom. The zero-order chi connectivity index (χ0) is 19.0. The molecule has 2 aromatic heterocycles. The Labute approximate surface area is 158 Å². The van der Waals surface area contributed by atoms with Crippen molar-refractivity contribution in [3.63, 3.8) is 0 Å². The summed E-state index contributed by atoms with van der Waals surface area (Å²) in [6.07, 6.45) is 7.00. The zero-order valence-corrected chi connectivity index (χ0v) is 16.0. The normalized spacial score (nSPS) is 13.9. The average Bonchev–Trinajstić information content (AvgIpc) is 3.22. The van der Waals surface area contributed by atoms with E-state index in [1.165, 1.54) is 16.5 Å². The molecule has 0 spiro atoms. The third-order valence-electron chi connectivity index (χ3n) is 5.57. The van der Waals surface area contributed by atoms with Crippen molar-refractivity contribution in [1.29, 1.82) is 0 Å². The minimum Gasteiger partial charge on any atom is -0.385 e. The number of fused-ring (bicyclic) bond motifs is 5. The maximum atomic E-state index is 11.7. The van der Waals surface area contributed by atoms with Gasteiger partial charge in [-0.15, -0.1) is 0 Å². The van der Waals surface area contributed by atoms with E-state index in [1.807, 2.05) is 20.0 Å². The molecule has 0 bridgehead atoms. The van der Waals surface area contributed by atoms with E-state index in [-0.39, 0.29) is 0 Å². The van der Waals surface area contributed by atoms with Gasteiger partial charge in [-0.05, 0) is 74.9 Å². The van der Waals surface area contributed by atoms with Crippen molar-refractivity contribution < 1.29 is 4.79 Å². The van der Waals surface area contributed by atoms with Crippen LogP contribution in [-0.4, -0.2) is 34.6 Å². The van der Waals surface area contributed by atoms with Crippen molar-refractivity contribution in [3.8, 4) is 11.4 Å².